The summed E-state index contributed by atoms with van der Waals surface area (Å²) in [6, 6.07) is 5.03. The smallest absolute Gasteiger partial charge is 0.244 e. The Hall–Kier alpha value is -1.31. The third-order valence-corrected chi connectivity index (χ3v) is 5.59. The van der Waals surface area contributed by atoms with Crippen molar-refractivity contribution in [3.8, 4) is 0 Å². The van der Waals surface area contributed by atoms with Crippen LogP contribution in [-0.2, 0) is 14.8 Å². The Morgan fingerprint density at radius 2 is 2.19 bits per heavy atom. The molecule has 1 fully saturated rings. The van der Waals surface area contributed by atoms with Crippen molar-refractivity contribution >= 4 is 21.4 Å². The molecule has 0 aliphatic carbocycles. The normalized spacial score (nSPS) is 19.1. The number of hydrogen-bond acceptors (Lipinski definition) is 5. The van der Waals surface area contributed by atoms with Crippen LogP contribution in [0.25, 0.3) is 0 Å². The number of nitrogens with zero attached hydrogens (tertiary/aromatic N) is 1. The SMILES string of the molecule is CN(C)S(=O)(=O)c1cccc(NCCC2CCOC2)c1N. The third kappa shape index (κ3) is 3.66. The van der Waals surface area contributed by atoms with Crippen LogP contribution in [0.1, 0.15) is 12.8 Å². The van der Waals surface area contributed by atoms with Crippen LogP contribution in [0.5, 0.6) is 0 Å². The number of benzene rings is 1. The molecule has 0 spiro atoms. The fraction of sp³-hybridized carbons (Fsp3) is 0.571. The van der Waals surface area contributed by atoms with Crippen molar-refractivity contribution in [3.05, 3.63) is 18.2 Å². The van der Waals surface area contributed by atoms with Crippen LogP contribution in [0, 0.1) is 5.92 Å². The van der Waals surface area contributed by atoms with E-state index in [-0.39, 0.29) is 10.6 Å². The lowest BCUT2D eigenvalue weighted by Gasteiger charge is -2.17. The highest BCUT2D eigenvalue weighted by Crippen LogP contribution is 2.28. The van der Waals surface area contributed by atoms with Gasteiger partial charge >= 0.3 is 0 Å². The van der Waals surface area contributed by atoms with Crippen molar-refractivity contribution in [2.24, 2.45) is 5.92 Å². The highest BCUT2D eigenvalue weighted by molar-refractivity contribution is 7.89. The number of hydrogen-bond donors (Lipinski definition) is 2. The molecule has 21 heavy (non-hydrogen) atoms. The van der Waals surface area contributed by atoms with E-state index in [2.05, 4.69) is 5.32 Å². The van der Waals surface area contributed by atoms with E-state index in [1.807, 2.05) is 0 Å². The van der Waals surface area contributed by atoms with Crippen LogP contribution in [0.4, 0.5) is 11.4 Å². The van der Waals surface area contributed by atoms with Crippen LogP contribution in [0.2, 0.25) is 0 Å². The van der Waals surface area contributed by atoms with Crippen molar-refractivity contribution < 1.29 is 13.2 Å². The zero-order valence-corrected chi connectivity index (χ0v) is 13.3. The Balaban J connectivity index is 2.07. The predicted octanol–water partition coefficient (Wildman–Crippen LogP) is 1.36. The molecule has 0 aromatic heterocycles. The first-order valence-electron chi connectivity index (χ1n) is 7.05. The second-order valence-electron chi connectivity index (χ2n) is 5.45. The van der Waals surface area contributed by atoms with Gasteiger partial charge in [0.25, 0.3) is 0 Å². The predicted molar refractivity (Wildman–Crippen MR) is 83.8 cm³/mol. The van der Waals surface area contributed by atoms with Crippen molar-refractivity contribution in [3.63, 3.8) is 0 Å². The Labute approximate surface area is 126 Å². The topological polar surface area (TPSA) is 84.7 Å². The molecule has 1 atom stereocenters. The molecule has 0 bridgehead atoms. The fourth-order valence-electron chi connectivity index (χ4n) is 2.34. The average Bonchev–Trinajstić information content (AvgIpc) is 2.93. The second kappa shape index (κ2) is 6.64. The average molecular weight is 313 g/mol. The zero-order valence-electron chi connectivity index (χ0n) is 12.5. The number of nitrogens with two attached hydrogens (primary N) is 1. The summed E-state index contributed by atoms with van der Waals surface area (Å²) in [5, 5.41) is 3.23. The van der Waals surface area contributed by atoms with E-state index in [1.54, 1.807) is 12.1 Å². The molecule has 1 aromatic rings. The maximum atomic E-state index is 12.2. The fourth-order valence-corrected chi connectivity index (χ4v) is 3.37. The van der Waals surface area contributed by atoms with E-state index in [0.29, 0.717) is 11.6 Å². The molecule has 6 nitrogen and oxygen atoms in total. The molecule has 1 saturated heterocycles. The quantitative estimate of drug-likeness (QED) is 0.775. The first kappa shape index (κ1) is 16.1. The number of rotatable bonds is 6. The highest BCUT2D eigenvalue weighted by Gasteiger charge is 2.22. The van der Waals surface area contributed by atoms with Crippen LogP contribution >= 0.6 is 0 Å². The largest absolute Gasteiger partial charge is 0.396 e. The van der Waals surface area contributed by atoms with Crippen LogP contribution in [0.15, 0.2) is 23.1 Å². The van der Waals surface area contributed by atoms with Gasteiger partial charge in [0.1, 0.15) is 4.90 Å². The number of anilines is 2. The summed E-state index contributed by atoms with van der Waals surface area (Å²) in [4.78, 5) is 0.140. The van der Waals surface area contributed by atoms with Gasteiger partial charge in [-0.05, 0) is 30.9 Å². The molecule has 1 unspecified atom stereocenters. The molecule has 1 aliphatic rings. The Morgan fingerprint density at radius 3 is 2.81 bits per heavy atom. The lowest BCUT2D eigenvalue weighted by Crippen LogP contribution is -2.23. The number of nitrogens with one attached hydrogen (secondary N) is 1. The standard InChI is InChI=1S/C14H23N3O3S/c1-17(2)21(18,19)13-5-3-4-12(14(13)15)16-8-6-11-7-9-20-10-11/h3-5,11,16H,6-10,15H2,1-2H3. The number of nitrogen functional groups attached to an aromatic ring is 1. The maximum Gasteiger partial charge on any atom is 0.244 e. The first-order valence-corrected chi connectivity index (χ1v) is 8.49. The van der Waals surface area contributed by atoms with Gasteiger partial charge in [0, 0.05) is 33.9 Å². The summed E-state index contributed by atoms with van der Waals surface area (Å²) in [6.45, 7) is 2.40. The van der Waals surface area contributed by atoms with E-state index in [9.17, 15) is 8.42 Å². The van der Waals surface area contributed by atoms with E-state index in [4.69, 9.17) is 10.5 Å². The first-order chi connectivity index (χ1) is 9.93. The molecule has 1 heterocycles. The maximum absolute atomic E-state index is 12.2. The van der Waals surface area contributed by atoms with Crippen molar-refractivity contribution in [1.82, 2.24) is 4.31 Å². The minimum atomic E-state index is -3.52. The van der Waals surface area contributed by atoms with Gasteiger partial charge in [0.15, 0.2) is 0 Å². The van der Waals surface area contributed by atoms with E-state index in [1.165, 1.54) is 24.5 Å². The molecule has 2 rings (SSSR count). The molecular weight excluding hydrogens is 290 g/mol. The van der Waals surface area contributed by atoms with Gasteiger partial charge in [-0.2, -0.15) is 0 Å². The summed E-state index contributed by atoms with van der Waals surface area (Å²) in [5.74, 6) is 0.576. The molecule has 0 saturated carbocycles. The molecule has 3 N–H and O–H groups in total. The van der Waals surface area contributed by atoms with Gasteiger partial charge in [-0.15, -0.1) is 0 Å². The molecule has 1 aliphatic heterocycles. The van der Waals surface area contributed by atoms with Crippen LogP contribution < -0.4 is 11.1 Å². The summed E-state index contributed by atoms with van der Waals surface area (Å²) in [7, 11) is -0.532. The summed E-state index contributed by atoms with van der Waals surface area (Å²) < 4.78 is 30.9. The molecule has 0 radical (unpaired) electrons. The Kier molecular flexibility index (Phi) is 5.08. The molecular formula is C14H23N3O3S. The summed E-state index contributed by atoms with van der Waals surface area (Å²) in [5.41, 5.74) is 6.94. The minimum absolute atomic E-state index is 0.140. The molecule has 7 heteroatoms. The van der Waals surface area contributed by atoms with Gasteiger partial charge in [-0.3, -0.25) is 0 Å². The minimum Gasteiger partial charge on any atom is -0.396 e. The summed E-state index contributed by atoms with van der Waals surface area (Å²) in [6.07, 6.45) is 2.08. The number of para-hydroxylation sites is 1. The van der Waals surface area contributed by atoms with Crippen molar-refractivity contribution in [1.29, 1.82) is 0 Å². The molecule has 0 amide bonds. The van der Waals surface area contributed by atoms with Crippen LogP contribution in [-0.4, -0.2) is 46.6 Å². The Morgan fingerprint density at radius 1 is 1.43 bits per heavy atom. The summed E-state index contributed by atoms with van der Waals surface area (Å²) >= 11 is 0. The monoisotopic (exact) mass is 313 g/mol. The van der Waals surface area contributed by atoms with Gasteiger partial charge in [0.05, 0.1) is 11.4 Å². The number of sulfonamides is 1. The third-order valence-electron chi connectivity index (χ3n) is 3.72. The molecule has 118 valence electrons. The van der Waals surface area contributed by atoms with Crippen LogP contribution in [0.3, 0.4) is 0 Å². The lowest BCUT2D eigenvalue weighted by molar-refractivity contribution is 0.185. The lowest BCUT2D eigenvalue weighted by atomic mass is 10.1. The van der Waals surface area contributed by atoms with E-state index in [0.717, 1.165) is 32.6 Å². The van der Waals surface area contributed by atoms with Crippen molar-refractivity contribution in [2.75, 3.05) is 44.9 Å². The number of ether oxygens (including phenoxy) is 1. The van der Waals surface area contributed by atoms with Gasteiger partial charge < -0.3 is 15.8 Å². The Bertz CT molecular complexity index is 581. The van der Waals surface area contributed by atoms with Gasteiger partial charge in [-0.25, -0.2) is 12.7 Å². The van der Waals surface area contributed by atoms with E-state index >= 15 is 0 Å². The zero-order chi connectivity index (χ0) is 15.5. The van der Waals surface area contributed by atoms with E-state index < -0.39 is 10.0 Å². The second-order valence-corrected chi connectivity index (χ2v) is 7.57. The van der Waals surface area contributed by atoms with Crippen molar-refractivity contribution in [2.45, 2.75) is 17.7 Å². The molecule has 1 aromatic carbocycles. The highest BCUT2D eigenvalue weighted by atomic mass is 32.2. The van der Waals surface area contributed by atoms with Gasteiger partial charge in [0.2, 0.25) is 10.0 Å². The van der Waals surface area contributed by atoms with Gasteiger partial charge in [-0.1, -0.05) is 6.07 Å².